The van der Waals surface area contributed by atoms with Gasteiger partial charge < -0.3 is 14.6 Å². The van der Waals surface area contributed by atoms with Crippen molar-refractivity contribution >= 4 is 17.6 Å². The lowest BCUT2D eigenvalue weighted by atomic mass is 10.2. The van der Waals surface area contributed by atoms with Crippen LogP contribution in [0.4, 0.5) is 18.9 Å². The maximum Gasteiger partial charge on any atom is 0.416 e. The summed E-state index contributed by atoms with van der Waals surface area (Å²) in [5.74, 6) is -1.19. The molecule has 6 nitrogen and oxygen atoms in total. The fourth-order valence-corrected chi connectivity index (χ4v) is 2.03. The Hall–Kier alpha value is -2.84. The first-order valence-corrected chi connectivity index (χ1v) is 7.21. The second kappa shape index (κ2) is 6.96. The zero-order valence-corrected chi connectivity index (χ0v) is 13.6. The van der Waals surface area contributed by atoms with Crippen LogP contribution in [0.3, 0.4) is 0 Å². The maximum atomic E-state index is 12.5. The highest BCUT2D eigenvalue weighted by atomic mass is 19.4. The topological polar surface area (TPSA) is 81.4 Å². The number of aromatic nitrogens is 1. The highest BCUT2D eigenvalue weighted by Gasteiger charge is 2.30. The van der Waals surface area contributed by atoms with E-state index in [-0.39, 0.29) is 17.0 Å². The summed E-state index contributed by atoms with van der Waals surface area (Å²) in [5, 5.41) is 5.99. The summed E-state index contributed by atoms with van der Waals surface area (Å²) in [5.41, 5.74) is -0.214. The van der Waals surface area contributed by atoms with Gasteiger partial charge in [0.1, 0.15) is 11.3 Å². The van der Waals surface area contributed by atoms with Crippen LogP contribution in [-0.4, -0.2) is 23.1 Å². The fraction of sp³-hybridized carbons (Fsp3) is 0.312. The number of amides is 1. The number of carbonyl (C=O) groups excluding carboxylic acids is 2. The largest absolute Gasteiger partial charge is 0.449 e. The van der Waals surface area contributed by atoms with Gasteiger partial charge in [-0.15, -0.1) is 0 Å². The van der Waals surface area contributed by atoms with E-state index in [4.69, 9.17) is 9.26 Å². The van der Waals surface area contributed by atoms with Crippen molar-refractivity contribution in [2.24, 2.45) is 0 Å². The smallest absolute Gasteiger partial charge is 0.416 e. The van der Waals surface area contributed by atoms with E-state index in [1.54, 1.807) is 6.92 Å². The van der Waals surface area contributed by atoms with Crippen molar-refractivity contribution in [3.63, 3.8) is 0 Å². The highest BCUT2D eigenvalue weighted by Crippen LogP contribution is 2.29. The van der Waals surface area contributed by atoms with E-state index in [1.165, 1.54) is 13.8 Å². The zero-order valence-electron chi connectivity index (χ0n) is 13.6. The number of aryl methyl sites for hydroxylation is 2. The molecule has 0 spiro atoms. The second-order valence-corrected chi connectivity index (χ2v) is 5.31. The molecular formula is C16H15F3N2O4. The number of anilines is 1. The summed E-state index contributed by atoms with van der Waals surface area (Å²) < 4.78 is 47.4. The summed E-state index contributed by atoms with van der Waals surface area (Å²) in [6.45, 7) is 4.43. The van der Waals surface area contributed by atoms with Gasteiger partial charge in [0.2, 0.25) is 0 Å². The molecule has 25 heavy (non-hydrogen) atoms. The number of benzene rings is 1. The molecule has 0 saturated heterocycles. The average Bonchev–Trinajstić information content (AvgIpc) is 2.85. The molecule has 0 aliphatic rings. The molecule has 0 unspecified atom stereocenters. The first-order valence-electron chi connectivity index (χ1n) is 7.21. The predicted octanol–water partition coefficient (Wildman–Crippen LogP) is 3.49. The van der Waals surface area contributed by atoms with Crippen molar-refractivity contribution < 1.29 is 32.0 Å². The minimum absolute atomic E-state index is 0.134. The molecular weight excluding hydrogens is 341 g/mol. The van der Waals surface area contributed by atoms with Gasteiger partial charge in [-0.1, -0.05) is 5.16 Å². The SMILES string of the molecule is Cc1noc(C)c1C(=O)O[C@H](C)C(=O)Nc1ccc(C(F)(F)F)cc1. The van der Waals surface area contributed by atoms with Gasteiger partial charge in [-0.3, -0.25) is 4.79 Å². The van der Waals surface area contributed by atoms with Crippen LogP contribution in [0.5, 0.6) is 0 Å². The Bertz CT molecular complexity index is 762. The third-order valence-corrected chi connectivity index (χ3v) is 3.37. The number of ether oxygens (including phenoxy) is 1. The Morgan fingerprint density at radius 3 is 2.28 bits per heavy atom. The van der Waals surface area contributed by atoms with E-state index in [1.807, 2.05) is 0 Å². The number of hydrogen-bond acceptors (Lipinski definition) is 5. The lowest BCUT2D eigenvalue weighted by Crippen LogP contribution is -2.30. The van der Waals surface area contributed by atoms with E-state index in [2.05, 4.69) is 10.5 Å². The molecule has 1 heterocycles. The summed E-state index contributed by atoms with van der Waals surface area (Å²) in [4.78, 5) is 24.1. The van der Waals surface area contributed by atoms with Gasteiger partial charge in [-0.25, -0.2) is 4.79 Å². The van der Waals surface area contributed by atoms with Crippen LogP contribution in [0.2, 0.25) is 0 Å². The third kappa shape index (κ3) is 4.37. The molecule has 9 heteroatoms. The molecule has 0 bridgehead atoms. The van der Waals surface area contributed by atoms with E-state index in [0.29, 0.717) is 5.69 Å². The van der Waals surface area contributed by atoms with Crippen molar-refractivity contribution in [1.29, 1.82) is 0 Å². The molecule has 2 rings (SSSR count). The van der Waals surface area contributed by atoms with E-state index >= 15 is 0 Å². The average molecular weight is 356 g/mol. The quantitative estimate of drug-likeness (QED) is 0.848. The number of rotatable bonds is 4. The summed E-state index contributed by atoms with van der Waals surface area (Å²) in [6, 6.07) is 3.92. The Balaban J connectivity index is 2.00. The Kier molecular flexibility index (Phi) is 5.15. The summed E-state index contributed by atoms with van der Waals surface area (Å²) in [7, 11) is 0. The molecule has 0 aliphatic carbocycles. The van der Waals surface area contributed by atoms with Gasteiger partial charge in [-0.2, -0.15) is 13.2 Å². The molecule has 0 aliphatic heterocycles. The maximum absolute atomic E-state index is 12.5. The Morgan fingerprint density at radius 1 is 1.20 bits per heavy atom. The summed E-state index contributed by atoms with van der Waals surface area (Å²) >= 11 is 0. The minimum atomic E-state index is -4.46. The summed E-state index contributed by atoms with van der Waals surface area (Å²) in [6.07, 6.45) is -5.62. The molecule has 0 radical (unpaired) electrons. The molecule has 0 saturated carbocycles. The van der Waals surface area contributed by atoms with Gasteiger partial charge in [0.25, 0.3) is 5.91 Å². The first-order chi connectivity index (χ1) is 11.6. The van der Waals surface area contributed by atoms with Crippen molar-refractivity contribution in [3.05, 3.63) is 46.8 Å². The molecule has 1 aromatic heterocycles. The fourth-order valence-electron chi connectivity index (χ4n) is 2.03. The van der Waals surface area contributed by atoms with Gasteiger partial charge >= 0.3 is 12.1 Å². The van der Waals surface area contributed by atoms with Crippen LogP contribution in [0.1, 0.15) is 34.3 Å². The molecule has 1 amide bonds. The lowest BCUT2D eigenvalue weighted by molar-refractivity contribution is -0.137. The number of halogens is 3. The van der Waals surface area contributed by atoms with Crippen molar-refractivity contribution in [2.75, 3.05) is 5.32 Å². The van der Waals surface area contributed by atoms with E-state index < -0.39 is 29.7 Å². The molecule has 0 fully saturated rings. The number of nitrogens with zero attached hydrogens (tertiary/aromatic N) is 1. The number of nitrogens with one attached hydrogen (secondary N) is 1. The normalized spacial score (nSPS) is 12.6. The van der Waals surface area contributed by atoms with Crippen LogP contribution in [0.15, 0.2) is 28.8 Å². The zero-order chi connectivity index (χ0) is 18.8. The van der Waals surface area contributed by atoms with Gasteiger partial charge in [0.05, 0.1) is 11.3 Å². The van der Waals surface area contributed by atoms with Crippen molar-refractivity contribution in [3.8, 4) is 0 Å². The molecule has 1 aromatic carbocycles. The second-order valence-electron chi connectivity index (χ2n) is 5.31. The predicted molar refractivity (Wildman–Crippen MR) is 80.9 cm³/mol. The van der Waals surface area contributed by atoms with Crippen LogP contribution < -0.4 is 5.32 Å². The van der Waals surface area contributed by atoms with Crippen molar-refractivity contribution in [1.82, 2.24) is 5.16 Å². The Labute approximate surface area is 140 Å². The van der Waals surface area contributed by atoms with Gasteiger partial charge in [-0.05, 0) is 45.0 Å². The number of hydrogen-bond donors (Lipinski definition) is 1. The van der Waals surface area contributed by atoms with Gasteiger partial charge in [0, 0.05) is 5.69 Å². The van der Waals surface area contributed by atoms with E-state index in [9.17, 15) is 22.8 Å². The van der Waals surface area contributed by atoms with Crippen LogP contribution in [0, 0.1) is 13.8 Å². The molecule has 1 atom stereocenters. The third-order valence-electron chi connectivity index (χ3n) is 3.37. The van der Waals surface area contributed by atoms with Crippen LogP contribution in [0.25, 0.3) is 0 Å². The molecule has 2 aromatic rings. The van der Waals surface area contributed by atoms with Crippen molar-refractivity contribution in [2.45, 2.75) is 33.1 Å². The number of alkyl halides is 3. The minimum Gasteiger partial charge on any atom is -0.449 e. The molecule has 1 N–H and O–H groups in total. The number of carbonyl (C=O) groups is 2. The van der Waals surface area contributed by atoms with E-state index in [0.717, 1.165) is 24.3 Å². The number of esters is 1. The first kappa shape index (κ1) is 18.5. The Morgan fingerprint density at radius 2 is 1.80 bits per heavy atom. The monoisotopic (exact) mass is 356 g/mol. The standard InChI is InChI=1S/C16H15F3N2O4/c1-8-13(9(2)25-21-8)15(23)24-10(3)14(22)20-12-6-4-11(5-7-12)16(17,18)19/h4-7,10H,1-3H3,(H,20,22)/t10-/m1/s1. The highest BCUT2D eigenvalue weighted by molar-refractivity contribution is 5.98. The van der Waals surface area contributed by atoms with Crippen LogP contribution >= 0.6 is 0 Å². The lowest BCUT2D eigenvalue weighted by Gasteiger charge is -2.14. The van der Waals surface area contributed by atoms with Gasteiger partial charge in [0.15, 0.2) is 6.10 Å². The van der Waals surface area contributed by atoms with Crippen LogP contribution in [-0.2, 0) is 15.7 Å². The molecule has 134 valence electrons.